The fraction of sp³-hybridized carbons (Fsp3) is 0.318. The smallest absolute Gasteiger partial charge is 0.230 e. The van der Waals surface area contributed by atoms with Crippen molar-refractivity contribution >= 4 is 23.4 Å². The van der Waals surface area contributed by atoms with Gasteiger partial charge in [0.15, 0.2) is 11.0 Å². The number of aromatic nitrogens is 3. The number of hydrogen-bond acceptors (Lipinski definition) is 5. The van der Waals surface area contributed by atoms with E-state index in [0.717, 1.165) is 24.1 Å². The second kappa shape index (κ2) is 9.13. The molecule has 2 aromatic carbocycles. The Bertz CT molecular complexity index is 966. The van der Waals surface area contributed by atoms with E-state index in [0.29, 0.717) is 28.5 Å². The quantitative estimate of drug-likeness (QED) is 0.475. The van der Waals surface area contributed by atoms with Crippen molar-refractivity contribution in [1.82, 2.24) is 20.1 Å². The fourth-order valence-corrected chi connectivity index (χ4v) is 4.45. The van der Waals surface area contributed by atoms with E-state index in [1.807, 2.05) is 59.2 Å². The number of carbonyl (C=O) groups is 1. The molecule has 1 aliphatic rings. The van der Waals surface area contributed by atoms with Crippen molar-refractivity contribution in [2.75, 3.05) is 11.5 Å². The summed E-state index contributed by atoms with van der Waals surface area (Å²) < 4.78 is 1.98. The van der Waals surface area contributed by atoms with Gasteiger partial charge in [0.05, 0.1) is 5.75 Å². The number of carbonyl (C=O) groups excluding carboxylic acids is 1. The predicted octanol–water partition coefficient (Wildman–Crippen LogP) is 4.06. The molecule has 1 aliphatic carbocycles. The van der Waals surface area contributed by atoms with Gasteiger partial charge in [0, 0.05) is 23.0 Å². The van der Waals surface area contributed by atoms with Crippen LogP contribution >= 0.6 is 11.8 Å². The monoisotopic (exact) mass is 407 g/mol. The van der Waals surface area contributed by atoms with Crippen molar-refractivity contribution < 1.29 is 4.79 Å². The molecule has 0 radical (unpaired) electrons. The number of benzene rings is 2. The average molecular weight is 408 g/mol. The first-order valence-electron chi connectivity index (χ1n) is 9.99. The van der Waals surface area contributed by atoms with Crippen molar-refractivity contribution in [3.63, 3.8) is 0 Å². The molecule has 150 valence electrons. The van der Waals surface area contributed by atoms with Crippen LogP contribution in [0.1, 0.15) is 32.1 Å². The Morgan fingerprint density at radius 2 is 1.86 bits per heavy atom. The van der Waals surface area contributed by atoms with Gasteiger partial charge in [0.25, 0.3) is 0 Å². The maximum Gasteiger partial charge on any atom is 0.230 e. The molecule has 0 unspecified atom stereocenters. The van der Waals surface area contributed by atoms with Gasteiger partial charge in [-0.1, -0.05) is 61.4 Å². The molecule has 6 nitrogen and oxygen atoms in total. The van der Waals surface area contributed by atoms with Gasteiger partial charge in [-0.25, -0.2) is 0 Å². The highest BCUT2D eigenvalue weighted by molar-refractivity contribution is 7.99. The molecule has 0 spiro atoms. The molecule has 1 saturated carbocycles. The third-order valence-corrected chi connectivity index (χ3v) is 6.02. The van der Waals surface area contributed by atoms with E-state index in [1.54, 1.807) is 0 Å². The van der Waals surface area contributed by atoms with Crippen molar-refractivity contribution in [3.8, 4) is 17.1 Å². The Kier molecular flexibility index (Phi) is 6.14. The Hall–Kier alpha value is -2.80. The van der Waals surface area contributed by atoms with Crippen molar-refractivity contribution in [1.29, 1.82) is 0 Å². The van der Waals surface area contributed by atoms with Gasteiger partial charge in [-0.3, -0.25) is 9.36 Å². The van der Waals surface area contributed by atoms with Gasteiger partial charge >= 0.3 is 0 Å². The minimum absolute atomic E-state index is 0.0509. The van der Waals surface area contributed by atoms with Gasteiger partial charge in [0.1, 0.15) is 0 Å². The van der Waals surface area contributed by atoms with Crippen LogP contribution in [0.15, 0.2) is 59.8 Å². The van der Waals surface area contributed by atoms with Gasteiger partial charge in [-0.2, -0.15) is 0 Å². The van der Waals surface area contributed by atoms with E-state index < -0.39 is 0 Å². The summed E-state index contributed by atoms with van der Waals surface area (Å²) in [5, 5.41) is 12.6. The van der Waals surface area contributed by atoms with Gasteiger partial charge < -0.3 is 11.1 Å². The molecular weight excluding hydrogens is 382 g/mol. The zero-order chi connectivity index (χ0) is 20.1. The maximum absolute atomic E-state index is 12.4. The van der Waals surface area contributed by atoms with Crippen LogP contribution in [0.3, 0.4) is 0 Å². The standard InChI is InChI=1S/C22H25N5OS/c23-17-9-7-8-16(14-17)21-25-26-22(27(21)19-12-5-2-6-13-19)29-15-20(28)24-18-10-3-1-4-11-18/h2,5-9,12-14,18H,1,3-4,10-11,15,23H2,(H,24,28). The first-order valence-corrected chi connectivity index (χ1v) is 11.0. The molecule has 0 bridgehead atoms. The molecule has 1 amide bonds. The SMILES string of the molecule is Nc1cccc(-c2nnc(SCC(=O)NC3CCCCC3)n2-c2ccccc2)c1. The van der Waals surface area contributed by atoms with Crippen LogP contribution in [0.5, 0.6) is 0 Å². The number of rotatable bonds is 6. The number of nitrogens with zero attached hydrogens (tertiary/aromatic N) is 3. The maximum atomic E-state index is 12.4. The highest BCUT2D eigenvalue weighted by Crippen LogP contribution is 2.28. The summed E-state index contributed by atoms with van der Waals surface area (Å²) in [5.41, 5.74) is 8.47. The summed E-state index contributed by atoms with van der Waals surface area (Å²) in [5.74, 6) is 1.08. The molecule has 7 heteroatoms. The van der Waals surface area contributed by atoms with E-state index in [2.05, 4.69) is 15.5 Å². The highest BCUT2D eigenvalue weighted by atomic mass is 32.2. The third-order valence-electron chi connectivity index (χ3n) is 5.10. The minimum Gasteiger partial charge on any atom is -0.399 e. The molecule has 1 heterocycles. The molecule has 0 atom stereocenters. The molecule has 1 fully saturated rings. The zero-order valence-electron chi connectivity index (χ0n) is 16.3. The van der Waals surface area contributed by atoms with Crippen molar-refractivity contribution in [2.24, 2.45) is 0 Å². The molecule has 0 aliphatic heterocycles. The van der Waals surface area contributed by atoms with Crippen LogP contribution in [-0.4, -0.2) is 32.5 Å². The number of para-hydroxylation sites is 1. The predicted molar refractivity (Wildman–Crippen MR) is 117 cm³/mol. The lowest BCUT2D eigenvalue weighted by molar-refractivity contribution is -0.119. The number of thioether (sulfide) groups is 1. The van der Waals surface area contributed by atoms with Crippen LogP contribution in [0.25, 0.3) is 17.1 Å². The third kappa shape index (κ3) is 4.79. The first-order chi connectivity index (χ1) is 14.2. The van der Waals surface area contributed by atoms with Crippen LogP contribution < -0.4 is 11.1 Å². The van der Waals surface area contributed by atoms with E-state index in [9.17, 15) is 4.79 Å². The number of nitrogens with one attached hydrogen (secondary N) is 1. The topological polar surface area (TPSA) is 85.8 Å². The molecule has 29 heavy (non-hydrogen) atoms. The summed E-state index contributed by atoms with van der Waals surface area (Å²) in [6, 6.07) is 17.8. The summed E-state index contributed by atoms with van der Waals surface area (Å²) in [6.07, 6.45) is 5.83. The lowest BCUT2D eigenvalue weighted by Crippen LogP contribution is -2.37. The Balaban J connectivity index is 1.56. The summed E-state index contributed by atoms with van der Waals surface area (Å²) >= 11 is 1.40. The van der Waals surface area contributed by atoms with Crippen LogP contribution in [-0.2, 0) is 4.79 Å². The second-order valence-corrected chi connectivity index (χ2v) is 8.24. The van der Waals surface area contributed by atoms with E-state index in [1.165, 1.54) is 31.0 Å². The second-order valence-electron chi connectivity index (χ2n) is 7.29. The van der Waals surface area contributed by atoms with Crippen LogP contribution in [0.2, 0.25) is 0 Å². The lowest BCUT2D eigenvalue weighted by atomic mass is 9.95. The summed E-state index contributed by atoms with van der Waals surface area (Å²) in [4.78, 5) is 12.4. The van der Waals surface area contributed by atoms with Crippen molar-refractivity contribution in [2.45, 2.75) is 43.3 Å². The summed E-state index contributed by atoms with van der Waals surface area (Å²) in [7, 11) is 0. The largest absolute Gasteiger partial charge is 0.399 e. The van der Waals surface area contributed by atoms with E-state index >= 15 is 0 Å². The zero-order valence-corrected chi connectivity index (χ0v) is 17.1. The molecule has 0 saturated heterocycles. The fourth-order valence-electron chi connectivity index (χ4n) is 3.68. The van der Waals surface area contributed by atoms with E-state index in [4.69, 9.17) is 5.73 Å². The van der Waals surface area contributed by atoms with Crippen molar-refractivity contribution in [3.05, 3.63) is 54.6 Å². The van der Waals surface area contributed by atoms with Crippen LogP contribution in [0.4, 0.5) is 5.69 Å². The van der Waals surface area contributed by atoms with Gasteiger partial charge in [-0.15, -0.1) is 10.2 Å². The Morgan fingerprint density at radius 3 is 2.62 bits per heavy atom. The Morgan fingerprint density at radius 1 is 1.07 bits per heavy atom. The number of amides is 1. The van der Waals surface area contributed by atoms with E-state index in [-0.39, 0.29) is 5.91 Å². The number of anilines is 1. The highest BCUT2D eigenvalue weighted by Gasteiger charge is 2.19. The molecular formula is C22H25N5OS. The lowest BCUT2D eigenvalue weighted by Gasteiger charge is -2.22. The van der Waals surface area contributed by atoms with Gasteiger partial charge in [0.2, 0.25) is 5.91 Å². The number of hydrogen-bond donors (Lipinski definition) is 2. The normalized spacial score (nSPS) is 14.6. The molecule has 1 aromatic heterocycles. The molecule has 4 rings (SSSR count). The number of nitrogen functional groups attached to an aromatic ring is 1. The average Bonchev–Trinajstić information content (AvgIpc) is 3.18. The van der Waals surface area contributed by atoms with Gasteiger partial charge in [-0.05, 0) is 37.1 Å². The molecule has 3 aromatic rings. The first kappa shape index (κ1) is 19.5. The Labute approximate surface area is 174 Å². The number of nitrogens with two attached hydrogens (primary N) is 1. The van der Waals surface area contributed by atoms with Crippen LogP contribution in [0, 0.1) is 0 Å². The summed E-state index contributed by atoms with van der Waals surface area (Å²) in [6.45, 7) is 0. The minimum atomic E-state index is 0.0509. The molecule has 3 N–H and O–H groups in total.